The first kappa shape index (κ1) is 9.00. The molecule has 4 heteroatoms. The van der Waals surface area contributed by atoms with Crippen LogP contribution >= 0.6 is 23.4 Å². The lowest BCUT2D eigenvalue weighted by Crippen LogP contribution is -1.92. The normalized spacial score (nSPS) is 13.3. The number of fused-ring (bicyclic) bond motifs is 1. The van der Waals surface area contributed by atoms with Crippen LogP contribution < -0.4 is 0 Å². The third kappa shape index (κ3) is 1.66. The summed E-state index contributed by atoms with van der Waals surface area (Å²) in [6.07, 6.45) is 1.74. The molecule has 0 saturated carbocycles. The summed E-state index contributed by atoms with van der Waals surface area (Å²) >= 11 is 3.05. The van der Waals surface area contributed by atoms with Crippen molar-refractivity contribution in [3.63, 3.8) is 0 Å². The molecule has 15 heavy (non-hydrogen) atoms. The Morgan fingerprint density at radius 1 is 1.20 bits per heavy atom. The molecule has 0 bridgehead atoms. The van der Waals surface area contributed by atoms with Gasteiger partial charge in [-0.05, 0) is 23.1 Å². The molecule has 1 aromatic heterocycles. The van der Waals surface area contributed by atoms with Gasteiger partial charge in [-0.2, -0.15) is 0 Å². The van der Waals surface area contributed by atoms with E-state index in [9.17, 15) is 0 Å². The van der Waals surface area contributed by atoms with Gasteiger partial charge in [0, 0.05) is 10.4 Å². The van der Waals surface area contributed by atoms with Crippen molar-refractivity contribution in [3.8, 4) is 10.4 Å². The molecule has 0 unspecified atom stereocenters. The molecule has 0 spiro atoms. The van der Waals surface area contributed by atoms with E-state index in [0.717, 1.165) is 10.5 Å². The van der Waals surface area contributed by atoms with Gasteiger partial charge in [-0.25, -0.2) is 0 Å². The fraction of sp³-hybridized carbons (Fsp3) is 0. The summed E-state index contributed by atoms with van der Waals surface area (Å²) in [6, 6.07) is 10.5. The number of oxime groups is 1. The van der Waals surface area contributed by atoms with Crippen LogP contribution in [0.1, 0.15) is 5.56 Å². The number of benzene rings is 1. The summed E-state index contributed by atoms with van der Waals surface area (Å²) in [5.41, 5.74) is 2.35. The number of hydrogen-bond acceptors (Lipinski definition) is 4. The second kappa shape index (κ2) is 3.72. The highest BCUT2D eigenvalue weighted by atomic mass is 32.2. The zero-order valence-electron chi connectivity index (χ0n) is 7.71. The van der Waals surface area contributed by atoms with E-state index in [2.05, 4.69) is 40.9 Å². The van der Waals surface area contributed by atoms with Crippen LogP contribution in [-0.4, -0.2) is 6.21 Å². The lowest BCUT2D eigenvalue weighted by atomic mass is 10.1. The van der Waals surface area contributed by atoms with Gasteiger partial charge in [0.05, 0.1) is 11.1 Å². The van der Waals surface area contributed by atoms with Crippen molar-refractivity contribution in [3.05, 3.63) is 41.3 Å². The maximum atomic E-state index is 4.96. The average molecular weight is 233 g/mol. The van der Waals surface area contributed by atoms with E-state index in [1.165, 1.54) is 22.5 Å². The Kier molecular flexibility index (Phi) is 2.23. The smallest absolute Gasteiger partial charge is 0.125 e. The first-order valence-electron chi connectivity index (χ1n) is 4.48. The lowest BCUT2D eigenvalue weighted by Gasteiger charge is -2.08. The maximum absolute atomic E-state index is 4.96. The molecule has 2 heterocycles. The zero-order chi connectivity index (χ0) is 10.1. The molecule has 2 aromatic rings. The van der Waals surface area contributed by atoms with E-state index in [-0.39, 0.29) is 0 Å². The number of hydrogen-bond donors (Lipinski definition) is 0. The first-order chi connectivity index (χ1) is 7.43. The van der Waals surface area contributed by atoms with Gasteiger partial charge in [0.15, 0.2) is 0 Å². The number of rotatable bonds is 1. The third-order valence-corrected chi connectivity index (χ3v) is 3.79. The molecular formula is C11H7NOS2. The summed E-state index contributed by atoms with van der Waals surface area (Å²) in [4.78, 5) is 2.40. The Morgan fingerprint density at radius 3 is 3.07 bits per heavy atom. The van der Waals surface area contributed by atoms with Crippen molar-refractivity contribution in [2.45, 2.75) is 4.90 Å². The SMILES string of the molecule is C1=NOSc2cc(-c3cccs3)ccc21. The second-order valence-corrected chi connectivity index (χ2v) is 4.83. The van der Waals surface area contributed by atoms with E-state index >= 15 is 0 Å². The van der Waals surface area contributed by atoms with Crippen LogP contribution in [0.2, 0.25) is 0 Å². The minimum atomic E-state index is 1.12. The Hall–Kier alpha value is -1.26. The fourth-order valence-corrected chi connectivity index (χ4v) is 2.73. The van der Waals surface area contributed by atoms with Crippen molar-refractivity contribution in [2.75, 3.05) is 0 Å². The zero-order valence-corrected chi connectivity index (χ0v) is 9.35. The van der Waals surface area contributed by atoms with Crippen LogP contribution in [0.3, 0.4) is 0 Å². The predicted molar refractivity (Wildman–Crippen MR) is 64.3 cm³/mol. The van der Waals surface area contributed by atoms with Gasteiger partial charge < -0.3 is 4.28 Å². The summed E-state index contributed by atoms with van der Waals surface area (Å²) in [5, 5.41) is 5.83. The van der Waals surface area contributed by atoms with Crippen LogP contribution in [0.5, 0.6) is 0 Å². The van der Waals surface area contributed by atoms with Crippen molar-refractivity contribution in [1.29, 1.82) is 0 Å². The van der Waals surface area contributed by atoms with Crippen LogP contribution in [0, 0.1) is 0 Å². The standard InChI is InChI=1S/C11H7NOS2/c1-2-10(14-5-1)8-3-4-9-7-12-13-15-11(9)6-8/h1-7H. The monoisotopic (exact) mass is 233 g/mol. The largest absolute Gasteiger partial charge is 0.317 e. The van der Waals surface area contributed by atoms with E-state index in [1.54, 1.807) is 17.6 Å². The predicted octanol–water partition coefficient (Wildman–Crippen LogP) is 3.79. The third-order valence-electron chi connectivity index (χ3n) is 2.18. The molecule has 0 amide bonds. The molecule has 1 aliphatic rings. The highest BCUT2D eigenvalue weighted by molar-refractivity contribution is 7.94. The first-order valence-corrected chi connectivity index (χ1v) is 6.10. The maximum Gasteiger partial charge on any atom is 0.125 e. The molecule has 0 radical (unpaired) electrons. The van der Waals surface area contributed by atoms with E-state index < -0.39 is 0 Å². The Bertz CT molecular complexity index is 505. The molecule has 74 valence electrons. The Balaban J connectivity index is 2.09. The molecule has 1 aromatic carbocycles. The van der Waals surface area contributed by atoms with Gasteiger partial charge >= 0.3 is 0 Å². The Morgan fingerprint density at radius 2 is 2.20 bits per heavy atom. The molecule has 0 aliphatic carbocycles. The molecule has 0 fully saturated rings. The van der Waals surface area contributed by atoms with Gasteiger partial charge in [0.2, 0.25) is 0 Å². The molecule has 3 rings (SSSR count). The van der Waals surface area contributed by atoms with Gasteiger partial charge in [0.1, 0.15) is 12.0 Å². The molecule has 0 saturated heterocycles. The molecule has 1 aliphatic heterocycles. The number of thiophene rings is 1. The molecule has 0 N–H and O–H groups in total. The fourth-order valence-electron chi connectivity index (χ4n) is 1.45. The lowest BCUT2D eigenvalue weighted by molar-refractivity contribution is 0.405. The minimum absolute atomic E-state index is 1.12. The van der Waals surface area contributed by atoms with Crippen LogP contribution in [0.15, 0.2) is 45.8 Å². The van der Waals surface area contributed by atoms with Crippen LogP contribution in [0.4, 0.5) is 0 Å². The number of nitrogens with zero attached hydrogens (tertiary/aromatic N) is 1. The average Bonchev–Trinajstić information content (AvgIpc) is 2.82. The van der Waals surface area contributed by atoms with Crippen molar-refractivity contribution < 1.29 is 4.28 Å². The van der Waals surface area contributed by atoms with E-state index in [1.807, 2.05) is 0 Å². The summed E-state index contributed by atoms with van der Waals surface area (Å²) < 4.78 is 4.96. The van der Waals surface area contributed by atoms with Gasteiger partial charge in [-0.1, -0.05) is 23.4 Å². The summed E-state index contributed by atoms with van der Waals surface area (Å²) in [6.45, 7) is 0. The van der Waals surface area contributed by atoms with Gasteiger partial charge in [-0.3, -0.25) is 0 Å². The van der Waals surface area contributed by atoms with Crippen LogP contribution in [-0.2, 0) is 4.28 Å². The van der Waals surface area contributed by atoms with Gasteiger partial charge in [0.25, 0.3) is 0 Å². The highest BCUT2D eigenvalue weighted by Crippen LogP contribution is 2.32. The van der Waals surface area contributed by atoms with Crippen molar-refractivity contribution >= 4 is 29.6 Å². The van der Waals surface area contributed by atoms with E-state index in [4.69, 9.17) is 4.28 Å². The Labute approximate surface area is 95.8 Å². The van der Waals surface area contributed by atoms with E-state index in [0.29, 0.717) is 0 Å². The summed E-state index contributed by atoms with van der Waals surface area (Å²) in [5.74, 6) is 0. The van der Waals surface area contributed by atoms with Crippen LogP contribution in [0.25, 0.3) is 10.4 Å². The summed E-state index contributed by atoms with van der Waals surface area (Å²) in [7, 11) is 0. The molecule has 0 atom stereocenters. The highest BCUT2D eigenvalue weighted by Gasteiger charge is 2.09. The topological polar surface area (TPSA) is 21.6 Å². The van der Waals surface area contributed by atoms with Crippen molar-refractivity contribution in [2.24, 2.45) is 5.16 Å². The van der Waals surface area contributed by atoms with Crippen molar-refractivity contribution in [1.82, 2.24) is 0 Å². The molecular weight excluding hydrogens is 226 g/mol. The van der Waals surface area contributed by atoms with Gasteiger partial charge in [-0.15, -0.1) is 11.3 Å². The second-order valence-electron chi connectivity index (χ2n) is 3.12. The molecule has 2 nitrogen and oxygen atoms in total. The minimum Gasteiger partial charge on any atom is -0.317 e. The quantitative estimate of drug-likeness (QED) is 0.699.